The Morgan fingerprint density at radius 1 is 0.933 bits per heavy atom. The number of halogens is 2. The van der Waals surface area contributed by atoms with Gasteiger partial charge in [0.15, 0.2) is 0 Å². The second kappa shape index (κ2) is 10.6. The molecule has 158 valence electrons. The summed E-state index contributed by atoms with van der Waals surface area (Å²) in [7, 11) is 0. The molecule has 0 aromatic heterocycles. The average molecular weight is 494 g/mol. The van der Waals surface area contributed by atoms with Gasteiger partial charge in [0, 0.05) is 54.5 Å². The molecule has 0 spiro atoms. The van der Waals surface area contributed by atoms with Crippen molar-refractivity contribution in [3.8, 4) is 0 Å². The van der Waals surface area contributed by atoms with Crippen molar-refractivity contribution < 1.29 is 14.4 Å². The molecule has 0 saturated carbocycles. The molecule has 1 fully saturated rings. The summed E-state index contributed by atoms with van der Waals surface area (Å²) in [5.74, 6) is -1.40. The van der Waals surface area contributed by atoms with Crippen molar-refractivity contribution >= 4 is 50.9 Å². The molecule has 2 aromatic rings. The number of rotatable bonds is 5. The Labute approximate surface area is 188 Å². The summed E-state index contributed by atoms with van der Waals surface area (Å²) in [5, 5.41) is 5.70. The van der Waals surface area contributed by atoms with Crippen LogP contribution >= 0.6 is 27.5 Å². The minimum absolute atomic E-state index is 0.00861. The number of carbonyl (C=O) groups is 3. The molecule has 3 rings (SSSR count). The third-order valence-corrected chi connectivity index (χ3v) is 5.73. The monoisotopic (exact) mass is 492 g/mol. The van der Waals surface area contributed by atoms with E-state index in [0.29, 0.717) is 55.5 Å². The van der Waals surface area contributed by atoms with Gasteiger partial charge in [-0.2, -0.15) is 0 Å². The van der Waals surface area contributed by atoms with Gasteiger partial charge in [-0.25, -0.2) is 0 Å². The first kappa shape index (κ1) is 22.3. The Bertz CT molecular complexity index is 915. The van der Waals surface area contributed by atoms with Crippen LogP contribution < -0.4 is 10.6 Å². The molecule has 1 aliphatic rings. The van der Waals surface area contributed by atoms with Crippen LogP contribution in [-0.2, 0) is 9.59 Å². The molecule has 2 N–H and O–H groups in total. The van der Waals surface area contributed by atoms with Crippen molar-refractivity contribution in [3.05, 3.63) is 63.6 Å². The first-order valence-electron chi connectivity index (χ1n) is 9.55. The maximum atomic E-state index is 12.6. The number of benzene rings is 2. The predicted octanol–water partition coefficient (Wildman–Crippen LogP) is 2.62. The van der Waals surface area contributed by atoms with Crippen LogP contribution in [-0.4, -0.2) is 66.8 Å². The van der Waals surface area contributed by atoms with Gasteiger partial charge in [0.05, 0.1) is 5.56 Å². The van der Waals surface area contributed by atoms with Crippen LogP contribution in [0.15, 0.2) is 53.0 Å². The van der Waals surface area contributed by atoms with E-state index in [1.165, 1.54) is 0 Å². The number of nitrogens with one attached hydrogen (secondary N) is 2. The maximum Gasteiger partial charge on any atom is 0.313 e. The number of hydrogen-bond acceptors (Lipinski definition) is 4. The Hall–Kier alpha value is -2.42. The summed E-state index contributed by atoms with van der Waals surface area (Å²) in [6.45, 7) is 3.62. The Morgan fingerprint density at radius 2 is 1.60 bits per heavy atom. The first-order chi connectivity index (χ1) is 14.4. The molecule has 3 amide bonds. The third-order valence-electron chi connectivity index (χ3n) is 4.79. The second-order valence-corrected chi connectivity index (χ2v) is 8.12. The van der Waals surface area contributed by atoms with Gasteiger partial charge in [-0.1, -0.05) is 23.7 Å². The minimum atomic E-state index is -0.721. The molecule has 7 nitrogen and oxygen atoms in total. The van der Waals surface area contributed by atoms with Crippen LogP contribution in [0.25, 0.3) is 0 Å². The minimum Gasteiger partial charge on any atom is -0.347 e. The zero-order valence-corrected chi connectivity index (χ0v) is 18.6. The van der Waals surface area contributed by atoms with Gasteiger partial charge in [-0.15, -0.1) is 0 Å². The quantitative estimate of drug-likeness (QED) is 0.628. The van der Waals surface area contributed by atoms with Crippen molar-refractivity contribution in [1.29, 1.82) is 0 Å². The van der Waals surface area contributed by atoms with E-state index in [1.807, 2.05) is 29.2 Å². The molecule has 0 atom stereocenters. The van der Waals surface area contributed by atoms with E-state index in [1.54, 1.807) is 24.3 Å². The van der Waals surface area contributed by atoms with E-state index in [-0.39, 0.29) is 5.91 Å². The standard InChI is InChI=1S/C21H22BrClN4O3/c22-18-4-2-1-3-17(18)21(30)27-13-11-26(12-14-27)10-9-24-19(28)20(29)25-16-7-5-15(23)6-8-16/h1-8H,9-14H2,(H,24,28)(H,25,29). The molecule has 0 bridgehead atoms. The maximum absolute atomic E-state index is 12.6. The number of anilines is 1. The van der Waals surface area contributed by atoms with Crippen molar-refractivity contribution in [3.63, 3.8) is 0 Å². The lowest BCUT2D eigenvalue weighted by atomic mass is 10.2. The number of amides is 3. The smallest absolute Gasteiger partial charge is 0.313 e. The SMILES string of the molecule is O=C(NCCN1CCN(C(=O)c2ccccc2Br)CC1)C(=O)Nc1ccc(Cl)cc1. The van der Waals surface area contributed by atoms with Crippen LogP contribution in [0.5, 0.6) is 0 Å². The summed E-state index contributed by atoms with van der Waals surface area (Å²) in [6.07, 6.45) is 0. The van der Waals surface area contributed by atoms with E-state index < -0.39 is 11.8 Å². The van der Waals surface area contributed by atoms with E-state index >= 15 is 0 Å². The molecule has 2 aromatic carbocycles. The van der Waals surface area contributed by atoms with Gasteiger partial charge >= 0.3 is 11.8 Å². The lowest BCUT2D eigenvalue weighted by Crippen LogP contribution is -2.50. The zero-order chi connectivity index (χ0) is 21.5. The van der Waals surface area contributed by atoms with Gasteiger partial charge in [-0.3, -0.25) is 19.3 Å². The summed E-state index contributed by atoms with van der Waals surface area (Å²) >= 11 is 9.22. The topological polar surface area (TPSA) is 81.8 Å². The van der Waals surface area contributed by atoms with E-state index in [4.69, 9.17) is 11.6 Å². The summed E-state index contributed by atoms with van der Waals surface area (Å²) < 4.78 is 0.789. The largest absolute Gasteiger partial charge is 0.347 e. The predicted molar refractivity (Wildman–Crippen MR) is 120 cm³/mol. The number of carbonyl (C=O) groups excluding carboxylic acids is 3. The highest BCUT2D eigenvalue weighted by atomic mass is 79.9. The molecule has 9 heteroatoms. The fourth-order valence-electron chi connectivity index (χ4n) is 3.11. The van der Waals surface area contributed by atoms with E-state index in [2.05, 4.69) is 31.5 Å². The van der Waals surface area contributed by atoms with Gasteiger partial charge < -0.3 is 15.5 Å². The van der Waals surface area contributed by atoms with Crippen molar-refractivity contribution in [2.45, 2.75) is 0 Å². The molecule has 1 saturated heterocycles. The highest BCUT2D eigenvalue weighted by Crippen LogP contribution is 2.18. The van der Waals surface area contributed by atoms with Crippen LogP contribution in [0.4, 0.5) is 5.69 Å². The zero-order valence-electron chi connectivity index (χ0n) is 16.2. The summed E-state index contributed by atoms with van der Waals surface area (Å²) in [6, 6.07) is 13.9. The van der Waals surface area contributed by atoms with E-state index in [9.17, 15) is 14.4 Å². The van der Waals surface area contributed by atoms with Gasteiger partial charge in [0.2, 0.25) is 0 Å². The molecular weight excluding hydrogens is 472 g/mol. The molecule has 0 aliphatic carbocycles. The van der Waals surface area contributed by atoms with Crippen molar-refractivity contribution in [2.24, 2.45) is 0 Å². The molecular formula is C21H22BrClN4O3. The number of piperazine rings is 1. The fourth-order valence-corrected chi connectivity index (χ4v) is 3.69. The Morgan fingerprint density at radius 3 is 2.27 bits per heavy atom. The first-order valence-corrected chi connectivity index (χ1v) is 10.7. The summed E-state index contributed by atoms with van der Waals surface area (Å²) in [4.78, 5) is 40.5. The lowest BCUT2D eigenvalue weighted by Gasteiger charge is -2.34. The average Bonchev–Trinajstić information content (AvgIpc) is 2.75. The fraction of sp³-hybridized carbons (Fsp3) is 0.286. The van der Waals surface area contributed by atoms with Crippen LogP contribution in [0.2, 0.25) is 5.02 Å². The normalized spacial score (nSPS) is 14.3. The molecule has 1 aliphatic heterocycles. The van der Waals surface area contributed by atoms with Gasteiger partial charge in [-0.05, 0) is 52.3 Å². The second-order valence-electron chi connectivity index (χ2n) is 6.83. The van der Waals surface area contributed by atoms with E-state index in [0.717, 1.165) is 4.47 Å². The molecule has 0 unspecified atom stereocenters. The molecule has 1 heterocycles. The Balaban J connectivity index is 1.38. The Kier molecular flexibility index (Phi) is 7.84. The van der Waals surface area contributed by atoms with Gasteiger partial charge in [0.1, 0.15) is 0 Å². The van der Waals surface area contributed by atoms with Crippen molar-refractivity contribution in [2.75, 3.05) is 44.6 Å². The number of hydrogen-bond donors (Lipinski definition) is 2. The van der Waals surface area contributed by atoms with Crippen LogP contribution in [0.1, 0.15) is 10.4 Å². The lowest BCUT2D eigenvalue weighted by molar-refractivity contribution is -0.136. The highest BCUT2D eigenvalue weighted by Gasteiger charge is 2.23. The highest BCUT2D eigenvalue weighted by molar-refractivity contribution is 9.10. The number of nitrogens with zero attached hydrogens (tertiary/aromatic N) is 2. The third kappa shape index (κ3) is 6.04. The van der Waals surface area contributed by atoms with Crippen molar-refractivity contribution in [1.82, 2.24) is 15.1 Å². The summed E-state index contributed by atoms with van der Waals surface area (Å²) in [5.41, 5.74) is 1.16. The van der Waals surface area contributed by atoms with Gasteiger partial charge in [0.25, 0.3) is 5.91 Å². The molecule has 30 heavy (non-hydrogen) atoms. The van der Waals surface area contributed by atoms with Crippen LogP contribution in [0.3, 0.4) is 0 Å². The van der Waals surface area contributed by atoms with Crippen LogP contribution in [0, 0.1) is 0 Å². The molecule has 0 radical (unpaired) electrons.